The smallest absolute Gasteiger partial charge is 0.301 e. The van der Waals surface area contributed by atoms with Crippen LogP contribution in [0.4, 0.5) is 0 Å². The van der Waals surface area contributed by atoms with Gasteiger partial charge in [0.15, 0.2) is 0 Å². The summed E-state index contributed by atoms with van der Waals surface area (Å²) in [7, 11) is 0. The fraction of sp³-hybridized carbons (Fsp3) is 0.619. The number of carbonyl (C=O) groups excluding carboxylic acids is 4. The molecule has 2 aliphatic rings. The van der Waals surface area contributed by atoms with Crippen molar-refractivity contribution in [2.24, 2.45) is 0 Å². The molecule has 2 heterocycles. The summed E-state index contributed by atoms with van der Waals surface area (Å²) in [5.74, 6) is -2.43. The Morgan fingerprint density at radius 3 is 2.18 bits per heavy atom. The van der Waals surface area contributed by atoms with Crippen LogP contribution < -0.4 is 10.8 Å². The maximum atomic E-state index is 13.0. The maximum Gasteiger partial charge on any atom is 0.301 e. The summed E-state index contributed by atoms with van der Waals surface area (Å²) in [5, 5.41) is 22.5. The van der Waals surface area contributed by atoms with Gasteiger partial charge in [-0.3, -0.25) is 19.2 Å². The van der Waals surface area contributed by atoms with Gasteiger partial charge in [-0.05, 0) is 39.5 Å². The van der Waals surface area contributed by atoms with Crippen LogP contribution in [0.15, 0.2) is 23.3 Å². The van der Waals surface area contributed by atoms with E-state index in [1.54, 1.807) is 13.8 Å². The minimum absolute atomic E-state index is 0.00563. The summed E-state index contributed by atoms with van der Waals surface area (Å²) in [6, 6.07) is 0. The van der Waals surface area contributed by atoms with Crippen LogP contribution in [0, 0.1) is 0 Å². The first-order valence-corrected chi connectivity index (χ1v) is 10.9. The number of aliphatic hydroxyl groups is 2. The minimum Gasteiger partial charge on any atom is -0.396 e. The molecule has 4 N–H and O–H groups in total. The molecule has 12 nitrogen and oxygen atoms in total. The first kappa shape index (κ1) is 26.5. The first-order valence-electron chi connectivity index (χ1n) is 10.9. The second-order valence-electron chi connectivity index (χ2n) is 8.01. The highest BCUT2D eigenvalue weighted by molar-refractivity contribution is 5.92. The van der Waals surface area contributed by atoms with Crippen molar-refractivity contribution < 1.29 is 39.2 Å². The molecule has 0 aromatic carbocycles. The first-order chi connectivity index (χ1) is 15.7. The summed E-state index contributed by atoms with van der Waals surface area (Å²) in [5.41, 5.74) is 1.52. The molecule has 2 saturated heterocycles. The van der Waals surface area contributed by atoms with E-state index in [4.69, 9.17) is 20.0 Å². The van der Waals surface area contributed by atoms with Crippen molar-refractivity contribution in [3.05, 3.63) is 23.3 Å². The van der Waals surface area contributed by atoms with E-state index in [-0.39, 0.29) is 45.6 Å². The van der Waals surface area contributed by atoms with Gasteiger partial charge in [0.25, 0.3) is 11.8 Å². The van der Waals surface area contributed by atoms with Crippen molar-refractivity contribution >= 4 is 23.6 Å². The zero-order valence-corrected chi connectivity index (χ0v) is 19.0. The molecule has 2 rings (SSSR count). The topological polar surface area (TPSA) is 158 Å². The molecule has 0 radical (unpaired) electrons. The number of hydroxylamine groups is 5. The van der Waals surface area contributed by atoms with E-state index in [0.29, 0.717) is 30.4 Å². The van der Waals surface area contributed by atoms with Crippen molar-refractivity contribution in [1.29, 1.82) is 0 Å². The lowest BCUT2D eigenvalue weighted by atomic mass is 10.0. The van der Waals surface area contributed by atoms with Crippen molar-refractivity contribution in [2.45, 2.75) is 58.1 Å². The molecule has 2 fully saturated rings. The monoisotopic (exact) mass is 468 g/mol. The number of hydrogen-bond acceptors (Lipinski definition) is 8. The average molecular weight is 469 g/mol. The van der Waals surface area contributed by atoms with Crippen LogP contribution in [0.5, 0.6) is 0 Å². The van der Waals surface area contributed by atoms with Crippen molar-refractivity contribution in [2.75, 3.05) is 26.3 Å². The van der Waals surface area contributed by atoms with Crippen molar-refractivity contribution in [3.8, 4) is 0 Å². The van der Waals surface area contributed by atoms with Crippen molar-refractivity contribution in [3.63, 3.8) is 0 Å². The Kier molecular flexibility index (Phi) is 9.97. The number of aliphatic hydroxyl groups excluding tert-OH is 2. The fourth-order valence-electron chi connectivity index (χ4n) is 3.32. The van der Waals surface area contributed by atoms with Gasteiger partial charge in [-0.1, -0.05) is 11.1 Å². The number of carbonyl (C=O) groups is 4. The molecule has 4 amide bonds. The van der Waals surface area contributed by atoms with Crippen LogP contribution in [0.1, 0.15) is 52.4 Å². The Morgan fingerprint density at radius 2 is 1.58 bits per heavy atom. The zero-order chi connectivity index (χ0) is 24.4. The molecule has 12 heteroatoms. The molecule has 184 valence electrons. The summed E-state index contributed by atoms with van der Waals surface area (Å²) >= 11 is 0. The predicted octanol–water partition coefficient (Wildman–Crippen LogP) is -0.404. The lowest BCUT2D eigenvalue weighted by Gasteiger charge is -2.41. The Hall–Kier alpha value is -2.80. The third-order valence-corrected chi connectivity index (χ3v) is 5.12. The normalized spacial score (nSPS) is 23.3. The highest BCUT2D eigenvalue weighted by Crippen LogP contribution is 2.25. The summed E-state index contributed by atoms with van der Waals surface area (Å²) in [6.07, 6.45) is 3.89. The molecule has 1 atom stereocenters. The number of hydrogen-bond donors (Lipinski definition) is 4. The molecule has 0 bridgehead atoms. The molecular formula is C21H32N4O8. The van der Waals surface area contributed by atoms with E-state index in [2.05, 4.69) is 10.8 Å². The van der Waals surface area contributed by atoms with Crippen LogP contribution in [0.25, 0.3) is 0 Å². The third kappa shape index (κ3) is 7.63. The number of nitrogens with zero attached hydrogens (tertiary/aromatic N) is 2. The molecule has 0 aliphatic carbocycles. The molecule has 1 spiro atoms. The van der Waals surface area contributed by atoms with Gasteiger partial charge in [0.2, 0.25) is 11.6 Å². The minimum atomic E-state index is -1.89. The third-order valence-electron chi connectivity index (χ3n) is 5.12. The molecule has 0 aromatic heterocycles. The highest BCUT2D eigenvalue weighted by Gasteiger charge is 2.47. The number of nitrogens with one attached hydrogen (secondary N) is 2. The van der Waals surface area contributed by atoms with Gasteiger partial charge >= 0.3 is 5.91 Å². The highest BCUT2D eigenvalue weighted by atomic mass is 16.8. The quantitative estimate of drug-likeness (QED) is 0.383. The average Bonchev–Trinajstić information content (AvgIpc) is 2.75. The van der Waals surface area contributed by atoms with Gasteiger partial charge in [-0.15, -0.1) is 0 Å². The van der Waals surface area contributed by atoms with E-state index in [0.717, 1.165) is 10.1 Å². The van der Waals surface area contributed by atoms with E-state index >= 15 is 0 Å². The van der Waals surface area contributed by atoms with E-state index in [1.807, 2.05) is 0 Å². The second kappa shape index (κ2) is 12.4. The van der Waals surface area contributed by atoms with Crippen LogP contribution in [0.3, 0.4) is 0 Å². The zero-order valence-electron chi connectivity index (χ0n) is 19.0. The van der Waals surface area contributed by atoms with E-state index in [9.17, 15) is 19.2 Å². The lowest BCUT2D eigenvalue weighted by Crippen LogP contribution is -2.66. The molecule has 0 saturated carbocycles. The van der Waals surface area contributed by atoms with Gasteiger partial charge in [0.1, 0.15) is 0 Å². The lowest BCUT2D eigenvalue weighted by molar-refractivity contribution is -0.271. The van der Waals surface area contributed by atoms with Crippen molar-refractivity contribution in [1.82, 2.24) is 20.9 Å². The Balaban J connectivity index is 2.18. The summed E-state index contributed by atoms with van der Waals surface area (Å²) in [6.45, 7) is 3.38. The molecule has 33 heavy (non-hydrogen) atoms. The van der Waals surface area contributed by atoms with Crippen LogP contribution in [-0.2, 0) is 29.0 Å². The summed E-state index contributed by atoms with van der Waals surface area (Å²) < 4.78 is 0. The standard InChI is InChI=1S/C21H32N4O8/c1-15(6-11-26)13-18(29)24-10-4-8-21(32-24)20(31)23-33-25(9-3-5-17(28)22-21)19(30)14-16(2)7-12-27/h13-14,26-27H,3-12H2,1-2H3,(H,22,28)(H,23,31)/b15-13+,16-14+/t21-/m0/s1. The fourth-order valence-corrected chi connectivity index (χ4v) is 3.32. The summed E-state index contributed by atoms with van der Waals surface area (Å²) in [4.78, 5) is 61.4. The second-order valence-corrected chi connectivity index (χ2v) is 8.01. The van der Waals surface area contributed by atoms with Crippen LogP contribution in [0.2, 0.25) is 0 Å². The number of amides is 4. The van der Waals surface area contributed by atoms with Gasteiger partial charge in [-0.25, -0.2) is 15.4 Å². The van der Waals surface area contributed by atoms with Gasteiger partial charge in [0.05, 0.1) is 6.54 Å². The maximum absolute atomic E-state index is 13.0. The largest absolute Gasteiger partial charge is 0.396 e. The SMILES string of the molecule is C/C(=C\C(=O)N1CCCC(=O)N[C@]2(CCCN(C(=O)/C=C(\C)CCO)O2)C(=O)NO1)CCO. The molecular weight excluding hydrogens is 436 g/mol. The Labute approximate surface area is 192 Å². The van der Waals surface area contributed by atoms with Crippen LogP contribution >= 0.6 is 0 Å². The Morgan fingerprint density at radius 1 is 1.00 bits per heavy atom. The van der Waals surface area contributed by atoms with Gasteiger partial charge in [-0.2, -0.15) is 10.0 Å². The van der Waals surface area contributed by atoms with Gasteiger partial charge < -0.3 is 15.5 Å². The Bertz CT molecular complexity index is 812. The van der Waals surface area contributed by atoms with Crippen LogP contribution in [-0.4, -0.2) is 76.0 Å². The predicted molar refractivity (Wildman–Crippen MR) is 114 cm³/mol. The van der Waals surface area contributed by atoms with E-state index < -0.39 is 29.4 Å². The molecule has 0 aromatic rings. The number of rotatable bonds is 6. The molecule has 0 unspecified atom stereocenters. The van der Waals surface area contributed by atoms with E-state index in [1.165, 1.54) is 12.2 Å². The van der Waals surface area contributed by atoms with Gasteiger partial charge in [0, 0.05) is 44.8 Å². The molecule has 2 aliphatic heterocycles.